The van der Waals surface area contributed by atoms with E-state index in [1.54, 1.807) is 0 Å². The summed E-state index contributed by atoms with van der Waals surface area (Å²) in [6, 6.07) is 1.06. The number of halogens is 1. The van der Waals surface area contributed by atoms with Crippen LogP contribution in [0.4, 0.5) is 0 Å². The fraction of sp³-hybridized carbons (Fsp3) is 0.909. The fourth-order valence-corrected chi connectivity index (χ4v) is 0.989. The summed E-state index contributed by atoms with van der Waals surface area (Å²) >= 11 is 5.38. The van der Waals surface area contributed by atoms with Crippen LogP contribution in [0.15, 0.2) is 0 Å². The molecule has 0 saturated carbocycles. The molecular weight excluding hydrogens is 182 g/mol. The highest BCUT2D eigenvalue weighted by molar-refractivity contribution is 6.17. The van der Waals surface area contributed by atoms with Crippen molar-refractivity contribution in [3.8, 4) is 0 Å². The number of hydrogen-bond acceptors (Lipinski definition) is 1. The van der Waals surface area contributed by atoms with Gasteiger partial charge in [0.15, 0.2) is 0 Å². The SMILES string of the molecule is CCCCCCl.CCCC[C](C)N. The number of unbranched alkanes of at least 4 members (excludes halogenated alkanes) is 3. The van der Waals surface area contributed by atoms with Gasteiger partial charge in [0.1, 0.15) is 0 Å². The van der Waals surface area contributed by atoms with Crippen LogP contribution in [-0.4, -0.2) is 5.88 Å². The van der Waals surface area contributed by atoms with E-state index in [1.807, 2.05) is 6.92 Å². The quantitative estimate of drug-likeness (QED) is 0.514. The molecule has 0 amide bonds. The van der Waals surface area contributed by atoms with Gasteiger partial charge in [0, 0.05) is 11.9 Å². The van der Waals surface area contributed by atoms with Crippen molar-refractivity contribution in [1.82, 2.24) is 0 Å². The van der Waals surface area contributed by atoms with E-state index in [0.29, 0.717) is 0 Å². The summed E-state index contributed by atoms with van der Waals surface area (Å²) in [6.07, 6.45) is 7.31. The van der Waals surface area contributed by atoms with Crippen LogP contribution in [0.2, 0.25) is 0 Å². The van der Waals surface area contributed by atoms with Crippen LogP contribution in [0.1, 0.15) is 59.3 Å². The highest BCUT2D eigenvalue weighted by atomic mass is 35.5. The summed E-state index contributed by atoms with van der Waals surface area (Å²) in [5, 5.41) is 0. The van der Waals surface area contributed by atoms with Gasteiger partial charge >= 0.3 is 0 Å². The second kappa shape index (κ2) is 14.8. The van der Waals surface area contributed by atoms with Gasteiger partial charge in [-0.25, -0.2) is 0 Å². The van der Waals surface area contributed by atoms with Gasteiger partial charge in [-0.2, -0.15) is 0 Å². The van der Waals surface area contributed by atoms with Crippen molar-refractivity contribution in [2.24, 2.45) is 5.73 Å². The molecule has 13 heavy (non-hydrogen) atoms. The normalized spacial score (nSPS) is 9.69. The molecule has 0 heterocycles. The van der Waals surface area contributed by atoms with E-state index in [4.69, 9.17) is 17.3 Å². The summed E-state index contributed by atoms with van der Waals surface area (Å²) in [5.74, 6) is 0.827. The van der Waals surface area contributed by atoms with Crippen molar-refractivity contribution in [3.63, 3.8) is 0 Å². The van der Waals surface area contributed by atoms with Crippen molar-refractivity contribution in [2.45, 2.75) is 59.3 Å². The van der Waals surface area contributed by atoms with E-state index in [9.17, 15) is 0 Å². The van der Waals surface area contributed by atoms with Gasteiger partial charge in [0.05, 0.1) is 0 Å². The van der Waals surface area contributed by atoms with Crippen molar-refractivity contribution < 1.29 is 0 Å². The van der Waals surface area contributed by atoms with E-state index >= 15 is 0 Å². The maximum Gasteiger partial charge on any atom is 0.0305 e. The molecule has 0 aromatic rings. The number of hydrogen-bond donors (Lipinski definition) is 1. The highest BCUT2D eigenvalue weighted by Gasteiger charge is 1.89. The van der Waals surface area contributed by atoms with Crippen molar-refractivity contribution in [2.75, 3.05) is 5.88 Å². The zero-order valence-corrected chi connectivity index (χ0v) is 10.2. The third-order valence-corrected chi connectivity index (χ3v) is 1.93. The number of alkyl halides is 1. The van der Waals surface area contributed by atoms with Gasteiger partial charge < -0.3 is 5.73 Å². The van der Waals surface area contributed by atoms with Gasteiger partial charge in [0.2, 0.25) is 0 Å². The molecule has 0 atom stereocenters. The Labute approximate surface area is 89.0 Å². The molecule has 0 aliphatic rings. The summed E-state index contributed by atoms with van der Waals surface area (Å²) in [5.41, 5.74) is 5.40. The van der Waals surface area contributed by atoms with Crippen LogP contribution in [-0.2, 0) is 0 Å². The fourth-order valence-electron chi connectivity index (χ4n) is 0.800. The van der Waals surface area contributed by atoms with E-state index < -0.39 is 0 Å². The Morgan fingerprint density at radius 2 is 1.62 bits per heavy atom. The lowest BCUT2D eigenvalue weighted by Gasteiger charge is -1.98. The highest BCUT2D eigenvalue weighted by Crippen LogP contribution is 2.01. The topological polar surface area (TPSA) is 26.0 Å². The second-order valence-electron chi connectivity index (χ2n) is 3.35. The van der Waals surface area contributed by atoms with Crippen molar-refractivity contribution in [1.29, 1.82) is 0 Å². The van der Waals surface area contributed by atoms with Crippen LogP contribution in [0.25, 0.3) is 0 Å². The average molecular weight is 207 g/mol. The zero-order valence-electron chi connectivity index (χ0n) is 9.41. The van der Waals surface area contributed by atoms with Crippen LogP contribution in [0.5, 0.6) is 0 Å². The summed E-state index contributed by atoms with van der Waals surface area (Å²) in [6.45, 7) is 6.31. The van der Waals surface area contributed by atoms with Gasteiger partial charge in [-0.05, 0) is 19.8 Å². The molecule has 0 aliphatic carbocycles. The molecule has 0 bridgehead atoms. The van der Waals surface area contributed by atoms with Gasteiger partial charge in [-0.1, -0.05) is 39.5 Å². The molecule has 0 rings (SSSR count). The molecular formula is C11H25ClN. The van der Waals surface area contributed by atoms with Crippen LogP contribution >= 0.6 is 11.6 Å². The Bertz CT molecular complexity index is 70.5. The van der Waals surface area contributed by atoms with Gasteiger partial charge in [-0.15, -0.1) is 11.6 Å². The lowest BCUT2D eigenvalue weighted by molar-refractivity contribution is 0.717. The standard InChI is InChI=1S/C6H14N.C5H11Cl/c1-3-4-5-6(2)7;1-2-3-4-5-6/h3-5,7H2,1-2H3;2-5H2,1H3. The van der Waals surface area contributed by atoms with E-state index in [2.05, 4.69) is 13.8 Å². The Kier molecular flexibility index (Phi) is 17.8. The molecule has 1 radical (unpaired) electrons. The Morgan fingerprint density at radius 3 is 1.77 bits per heavy atom. The number of nitrogens with two attached hydrogens (primary N) is 1. The first-order chi connectivity index (χ1) is 6.18. The minimum absolute atomic E-state index is 0.827. The molecule has 81 valence electrons. The first-order valence-corrected chi connectivity index (χ1v) is 5.86. The monoisotopic (exact) mass is 206 g/mol. The van der Waals surface area contributed by atoms with E-state index in [1.165, 1.54) is 32.1 Å². The molecule has 2 N–H and O–H groups in total. The summed E-state index contributed by atoms with van der Waals surface area (Å²) in [4.78, 5) is 0. The van der Waals surface area contributed by atoms with Crippen molar-refractivity contribution in [3.05, 3.63) is 6.04 Å². The minimum Gasteiger partial charge on any atom is -0.324 e. The average Bonchev–Trinajstić information content (AvgIpc) is 2.12. The molecule has 0 aliphatic heterocycles. The third kappa shape index (κ3) is 24.5. The molecule has 2 heteroatoms. The lowest BCUT2D eigenvalue weighted by atomic mass is 10.2. The molecule has 0 fully saturated rings. The van der Waals surface area contributed by atoms with Crippen LogP contribution in [0.3, 0.4) is 0 Å². The molecule has 1 nitrogen and oxygen atoms in total. The molecule has 0 spiro atoms. The molecule has 0 aromatic carbocycles. The first kappa shape index (κ1) is 15.7. The molecule has 0 saturated heterocycles. The third-order valence-electron chi connectivity index (χ3n) is 1.66. The molecule has 0 aromatic heterocycles. The van der Waals surface area contributed by atoms with E-state index in [0.717, 1.165) is 18.3 Å². The van der Waals surface area contributed by atoms with Crippen LogP contribution < -0.4 is 5.73 Å². The summed E-state index contributed by atoms with van der Waals surface area (Å²) in [7, 11) is 0. The lowest BCUT2D eigenvalue weighted by Crippen LogP contribution is -2.02. The summed E-state index contributed by atoms with van der Waals surface area (Å²) < 4.78 is 0. The Balaban J connectivity index is 0. The Morgan fingerprint density at radius 1 is 1.08 bits per heavy atom. The predicted molar refractivity (Wildman–Crippen MR) is 62.9 cm³/mol. The minimum atomic E-state index is 0.827. The second-order valence-corrected chi connectivity index (χ2v) is 3.72. The molecule has 0 unspecified atom stereocenters. The van der Waals surface area contributed by atoms with Gasteiger partial charge in [-0.3, -0.25) is 0 Å². The van der Waals surface area contributed by atoms with Gasteiger partial charge in [0.25, 0.3) is 0 Å². The Hall–Kier alpha value is 0.250. The zero-order chi connectivity index (χ0) is 10.5. The smallest absolute Gasteiger partial charge is 0.0305 e. The first-order valence-electron chi connectivity index (χ1n) is 5.32. The van der Waals surface area contributed by atoms with E-state index in [-0.39, 0.29) is 0 Å². The van der Waals surface area contributed by atoms with Crippen molar-refractivity contribution >= 4 is 11.6 Å². The predicted octanol–water partition coefficient (Wildman–Crippen LogP) is 4.10. The maximum absolute atomic E-state index is 5.40. The maximum atomic E-state index is 5.40. The number of rotatable bonds is 6. The largest absolute Gasteiger partial charge is 0.324 e. The van der Waals surface area contributed by atoms with Crippen LogP contribution in [0, 0.1) is 6.04 Å².